The van der Waals surface area contributed by atoms with Crippen LogP contribution in [0.1, 0.15) is 45.4 Å². The number of hydrogen-bond donors (Lipinski definition) is 1. The molecule has 32 heavy (non-hydrogen) atoms. The van der Waals surface area contributed by atoms with E-state index in [1.54, 1.807) is 23.1 Å². The van der Waals surface area contributed by atoms with Crippen molar-refractivity contribution < 1.29 is 9.59 Å². The van der Waals surface area contributed by atoms with Crippen molar-refractivity contribution in [2.45, 2.75) is 50.7 Å². The van der Waals surface area contributed by atoms with Gasteiger partial charge in [0.2, 0.25) is 11.8 Å². The van der Waals surface area contributed by atoms with Crippen LogP contribution in [-0.2, 0) is 9.59 Å². The van der Waals surface area contributed by atoms with Gasteiger partial charge in [-0.3, -0.25) is 14.5 Å². The van der Waals surface area contributed by atoms with Gasteiger partial charge in [-0.15, -0.1) is 0 Å². The molecule has 8 heteroatoms. The highest BCUT2D eigenvalue weighted by Crippen LogP contribution is 2.31. The first kappa shape index (κ1) is 24.6. The molecule has 0 spiro atoms. The lowest BCUT2D eigenvalue weighted by Gasteiger charge is -2.32. The van der Waals surface area contributed by atoms with Gasteiger partial charge in [0.15, 0.2) is 5.17 Å². The van der Waals surface area contributed by atoms with E-state index in [0.29, 0.717) is 27.4 Å². The van der Waals surface area contributed by atoms with Gasteiger partial charge < -0.3 is 5.32 Å². The van der Waals surface area contributed by atoms with Crippen LogP contribution in [0.3, 0.4) is 0 Å². The summed E-state index contributed by atoms with van der Waals surface area (Å²) in [5, 5.41) is 3.67. The number of aliphatic imine (C=N–C) groups is 1. The Morgan fingerprint density at radius 2 is 1.78 bits per heavy atom. The Bertz CT molecular complexity index is 949. The third-order valence-corrected chi connectivity index (χ3v) is 6.65. The average Bonchev–Trinajstić information content (AvgIpc) is 2.75. The Balaban J connectivity index is 1.74. The summed E-state index contributed by atoms with van der Waals surface area (Å²) in [7, 11) is 0. The van der Waals surface area contributed by atoms with E-state index in [4.69, 9.17) is 28.2 Å². The molecule has 170 valence electrons. The molecule has 1 unspecified atom stereocenters. The molecule has 5 nitrogen and oxygen atoms in total. The Labute approximate surface area is 203 Å². The maximum absolute atomic E-state index is 13.0. The second-order valence-electron chi connectivity index (χ2n) is 7.65. The molecule has 1 heterocycles. The Hall–Kier alpha value is -2.02. The molecule has 0 saturated carbocycles. The van der Waals surface area contributed by atoms with Gasteiger partial charge in [0.1, 0.15) is 5.25 Å². The van der Waals surface area contributed by atoms with E-state index in [1.165, 1.54) is 24.6 Å². The molecule has 1 saturated heterocycles. The minimum Gasteiger partial charge on any atom is -0.325 e. The number of halogens is 2. The lowest BCUT2D eigenvalue weighted by molar-refractivity contribution is -0.129. The van der Waals surface area contributed by atoms with Crippen LogP contribution in [0.25, 0.3) is 0 Å². The number of hydrogen-bond acceptors (Lipinski definition) is 4. The standard InChI is InChI=1S/C24H27Cl2N3O2S/c1-2-3-4-5-9-12-29-22(30)16-21(32-24(29)28-19-10-7-6-8-11-19)23(31)27-20-14-17(25)13-18(26)15-20/h6-8,10-11,13-15,21H,2-5,9,12,16H2,1H3,(H,27,31). The third kappa shape index (κ3) is 7.26. The van der Waals surface area contributed by atoms with E-state index >= 15 is 0 Å². The number of amides is 2. The molecule has 1 aliphatic rings. The molecule has 3 rings (SSSR count). The Morgan fingerprint density at radius 3 is 2.47 bits per heavy atom. The van der Waals surface area contributed by atoms with Crippen LogP contribution in [0.5, 0.6) is 0 Å². The summed E-state index contributed by atoms with van der Waals surface area (Å²) in [6.45, 7) is 2.79. The van der Waals surface area contributed by atoms with Crippen molar-refractivity contribution in [2.75, 3.05) is 11.9 Å². The van der Waals surface area contributed by atoms with Crippen molar-refractivity contribution in [3.8, 4) is 0 Å². The lowest BCUT2D eigenvalue weighted by atomic mass is 10.1. The maximum Gasteiger partial charge on any atom is 0.238 e. The number of rotatable bonds is 9. The topological polar surface area (TPSA) is 61.8 Å². The maximum atomic E-state index is 13.0. The molecule has 0 radical (unpaired) electrons. The summed E-state index contributed by atoms with van der Waals surface area (Å²) >= 11 is 13.4. The highest BCUT2D eigenvalue weighted by atomic mass is 35.5. The second-order valence-corrected chi connectivity index (χ2v) is 9.69. The second kappa shape index (κ2) is 12.3. The number of nitrogens with zero attached hydrogens (tertiary/aromatic N) is 2. The molecular weight excluding hydrogens is 465 g/mol. The fourth-order valence-electron chi connectivity index (χ4n) is 3.40. The van der Waals surface area contributed by atoms with Gasteiger partial charge in [0.05, 0.1) is 5.69 Å². The van der Waals surface area contributed by atoms with Crippen LogP contribution < -0.4 is 5.32 Å². The van der Waals surface area contributed by atoms with Gasteiger partial charge in [0.25, 0.3) is 0 Å². The Morgan fingerprint density at radius 1 is 1.09 bits per heavy atom. The van der Waals surface area contributed by atoms with Crippen LogP contribution in [0.4, 0.5) is 11.4 Å². The van der Waals surface area contributed by atoms with Crippen molar-refractivity contribution in [3.05, 3.63) is 58.6 Å². The molecule has 0 bridgehead atoms. The van der Waals surface area contributed by atoms with Crippen molar-refractivity contribution in [2.24, 2.45) is 4.99 Å². The van der Waals surface area contributed by atoms with E-state index in [0.717, 1.165) is 24.9 Å². The first-order valence-corrected chi connectivity index (χ1v) is 12.5. The zero-order valence-corrected chi connectivity index (χ0v) is 20.3. The number of unbranched alkanes of at least 4 members (excludes halogenated alkanes) is 4. The molecule has 0 aromatic heterocycles. The fraction of sp³-hybridized carbons (Fsp3) is 0.375. The molecule has 2 amide bonds. The minimum absolute atomic E-state index is 0.0850. The fourth-order valence-corrected chi connectivity index (χ4v) is 5.05. The molecule has 1 N–H and O–H groups in total. The molecule has 0 aliphatic carbocycles. The number of benzene rings is 2. The van der Waals surface area contributed by atoms with Crippen molar-refractivity contribution in [1.82, 2.24) is 4.90 Å². The van der Waals surface area contributed by atoms with Crippen LogP contribution in [0.2, 0.25) is 10.0 Å². The third-order valence-electron chi connectivity index (χ3n) is 5.03. The lowest BCUT2D eigenvalue weighted by Crippen LogP contribution is -2.45. The molecule has 1 aliphatic heterocycles. The monoisotopic (exact) mass is 491 g/mol. The van der Waals surface area contributed by atoms with Crippen molar-refractivity contribution >= 4 is 63.3 Å². The first-order chi connectivity index (χ1) is 15.5. The van der Waals surface area contributed by atoms with Crippen LogP contribution >= 0.6 is 35.0 Å². The van der Waals surface area contributed by atoms with Gasteiger partial charge in [-0.1, -0.05) is 85.8 Å². The largest absolute Gasteiger partial charge is 0.325 e. The van der Waals surface area contributed by atoms with Crippen molar-refractivity contribution in [3.63, 3.8) is 0 Å². The van der Waals surface area contributed by atoms with Gasteiger partial charge in [-0.05, 0) is 36.8 Å². The van der Waals surface area contributed by atoms with E-state index in [2.05, 4.69) is 12.2 Å². The quantitative estimate of drug-likeness (QED) is 0.387. The van der Waals surface area contributed by atoms with Crippen molar-refractivity contribution in [1.29, 1.82) is 0 Å². The average molecular weight is 492 g/mol. The summed E-state index contributed by atoms with van der Waals surface area (Å²) < 4.78 is 0. The van der Waals surface area contributed by atoms with Crippen LogP contribution in [0, 0.1) is 0 Å². The molecule has 2 aromatic rings. The summed E-state index contributed by atoms with van der Waals surface area (Å²) in [5.41, 5.74) is 1.25. The number of thioether (sulfide) groups is 1. The number of carbonyl (C=O) groups is 2. The number of amidine groups is 1. The highest BCUT2D eigenvalue weighted by molar-refractivity contribution is 8.15. The molecule has 1 fully saturated rings. The van der Waals surface area contributed by atoms with E-state index in [9.17, 15) is 9.59 Å². The van der Waals surface area contributed by atoms with Gasteiger partial charge >= 0.3 is 0 Å². The normalized spacial score (nSPS) is 17.6. The summed E-state index contributed by atoms with van der Waals surface area (Å²) in [6, 6.07) is 14.3. The summed E-state index contributed by atoms with van der Waals surface area (Å²) in [5.74, 6) is -0.358. The summed E-state index contributed by atoms with van der Waals surface area (Å²) in [6.07, 6.45) is 5.63. The number of anilines is 1. The highest BCUT2D eigenvalue weighted by Gasteiger charge is 2.35. The SMILES string of the molecule is CCCCCCCN1C(=O)CC(C(=O)Nc2cc(Cl)cc(Cl)c2)SC1=Nc1ccccc1. The molecule has 2 aromatic carbocycles. The van der Waals surface area contributed by atoms with E-state index in [1.807, 2.05) is 30.3 Å². The van der Waals surface area contributed by atoms with Gasteiger partial charge in [-0.2, -0.15) is 0 Å². The van der Waals surface area contributed by atoms with E-state index in [-0.39, 0.29) is 18.2 Å². The molecule has 1 atom stereocenters. The number of para-hydroxylation sites is 1. The van der Waals surface area contributed by atoms with Crippen LogP contribution in [0.15, 0.2) is 53.5 Å². The first-order valence-electron chi connectivity index (χ1n) is 10.8. The van der Waals surface area contributed by atoms with Crippen LogP contribution in [-0.4, -0.2) is 33.7 Å². The smallest absolute Gasteiger partial charge is 0.238 e. The summed E-state index contributed by atoms with van der Waals surface area (Å²) in [4.78, 5) is 32.3. The zero-order chi connectivity index (χ0) is 22.9. The number of nitrogens with one attached hydrogen (secondary N) is 1. The zero-order valence-electron chi connectivity index (χ0n) is 18.0. The number of carbonyl (C=O) groups excluding carboxylic acids is 2. The van der Waals surface area contributed by atoms with E-state index < -0.39 is 5.25 Å². The minimum atomic E-state index is -0.584. The predicted octanol–water partition coefficient (Wildman–Crippen LogP) is 6.92. The predicted molar refractivity (Wildman–Crippen MR) is 135 cm³/mol. The van der Waals surface area contributed by atoms with Gasteiger partial charge in [0, 0.05) is 28.7 Å². The Kier molecular flexibility index (Phi) is 9.45. The van der Waals surface area contributed by atoms with Gasteiger partial charge in [-0.25, -0.2) is 4.99 Å². The molecular formula is C24H27Cl2N3O2S.